The van der Waals surface area contributed by atoms with Crippen LogP contribution in [0.3, 0.4) is 0 Å². The summed E-state index contributed by atoms with van der Waals surface area (Å²) < 4.78 is 10.5. The molecule has 2 aromatic heterocycles. The monoisotopic (exact) mass is 425 g/mol. The van der Waals surface area contributed by atoms with E-state index in [2.05, 4.69) is 12.2 Å². The third-order valence-corrected chi connectivity index (χ3v) is 6.71. The van der Waals surface area contributed by atoms with E-state index in [-0.39, 0.29) is 12.4 Å². The molecule has 30 heavy (non-hydrogen) atoms. The summed E-state index contributed by atoms with van der Waals surface area (Å²) in [7, 11) is 0. The van der Waals surface area contributed by atoms with Gasteiger partial charge in [-0.15, -0.1) is 11.3 Å². The van der Waals surface area contributed by atoms with Crippen molar-refractivity contribution >= 4 is 39.0 Å². The zero-order chi connectivity index (χ0) is 21.3. The van der Waals surface area contributed by atoms with Crippen LogP contribution in [0.2, 0.25) is 0 Å². The second kappa shape index (κ2) is 8.44. The quantitative estimate of drug-likeness (QED) is 0.594. The summed E-state index contributed by atoms with van der Waals surface area (Å²) in [5, 5.41) is 4.29. The summed E-state index contributed by atoms with van der Waals surface area (Å²) in [6, 6.07) is 8.47. The number of hydrogen-bond donors (Lipinski definition) is 1. The Labute approximate surface area is 177 Å². The Morgan fingerprint density at radius 3 is 2.83 bits per heavy atom. The molecule has 0 bridgehead atoms. The molecule has 7 heteroatoms. The first-order valence-electron chi connectivity index (χ1n) is 10.2. The van der Waals surface area contributed by atoms with Crippen LogP contribution in [0.5, 0.6) is 0 Å². The van der Waals surface area contributed by atoms with Crippen LogP contribution in [-0.2, 0) is 17.6 Å². The van der Waals surface area contributed by atoms with E-state index in [0.717, 1.165) is 36.1 Å². The van der Waals surface area contributed by atoms with Gasteiger partial charge in [-0.3, -0.25) is 4.79 Å². The van der Waals surface area contributed by atoms with Gasteiger partial charge in [0.2, 0.25) is 0 Å². The van der Waals surface area contributed by atoms with Crippen LogP contribution in [-0.4, -0.2) is 18.5 Å². The Balaban J connectivity index is 1.70. The molecule has 1 aliphatic rings. The number of ether oxygens (including phenoxy) is 1. The molecule has 3 aromatic rings. The number of anilines is 1. The van der Waals surface area contributed by atoms with Crippen molar-refractivity contribution in [2.45, 2.75) is 39.5 Å². The van der Waals surface area contributed by atoms with Gasteiger partial charge in [0.15, 0.2) is 5.76 Å². The summed E-state index contributed by atoms with van der Waals surface area (Å²) in [6.07, 6.45) is 3.78. The van der Waals surface area contributed by atoms with Gasteiger partial charge in [0.05, 0.1) is 17.6 Å². The normalized spacial score (nSPS) is 15.6. The Morgan fingerprint density at radius 1 is 1.27 bits per heavy atom. The lowest BCUT2D eigenvalue weighted by atomic mass is 9.85. The smallest absolute Gasteiger partial charge is 0.344 e. The fraction of sp³-hybridized carbons (Fsp3) is 0.348. The zero-order valence-corrected chi connectivity index (χ0v) is 17.8. The molecule has 0 radical (unpaired) electrons. The maximum atomic E-state index is 12.9. The first-order valence-corrected chi connectivity index (χ1v) is 11.0. The highest BCUT2D eigenvalue weighted by Gasteiger charge is 2.30. The Kier molecular flexibility index (Phi) is 5.72. The fourth-order valence-corrected chi connectivity index (χ4v) is 5.27. The van der Waals surface area contributed by atoms with Gasteiger partial charge >= 0.3 is 11.6 Å². The summed E-state index contributed by atoms with van der Waals surface area (Å²) in [4.78, 5) is 38.9. The van der Waals surface area contributed by atoms with Crippen LogP contribution in [0.15, 0.2) is 39.5 Å². The van der Waals surface area contributed by atoms with Crippen LogP contribution in [0.25, 0.3) is 10.8 Å². The molecule has 1 aliphatic carbocycles. The lowest BCUT2D eigenvalue weighted by molar-refractivity contribution is 0.0526. The van der Waals surface area contributed by atoms with E-state index < -0.39 is 17.5 Å². The number of nitrogens with one attached hydrogen (secondary N) is 1. The minimum absolute atomic E-state index is 0.0914. The average molecular weight is 426 g/mol. The first-order chi connectivity index (χ1) is 14.5. The molecule has 156 valence electrons. The molecule has 0 saturated heterocycles. The summed E-state index contributed by atoms with van der Waals surface area (Å²) >= 11 is 1.41. The number of carbonyl (C=O) groups excluding carboxylic acids is 2. The minimum Gasteiger partial charge on any atom is -0.462 e. The van der Waals surface area contributed by atoms with Crippen LogP contribution >= 0.6 is 11.3 Å². The molecule has 1 N–H and O–H groups in total. The van der Waals surface area contributed by atoms with Crippen molar-refractivity contribution in [3.63, 3.8) is 0 Å². The van der Waals surface area contributed by atoms with Crippen molar-refractivity contribution in [3.05, 3.63) is 62.5 Å². The zero-order valence-electron chi connectivity index (χ0n) is 16.9. The van der Waals surface area contributed by atoms with Gasteiger partial charge in [-0.05, 0) is 55.2 Å². The van der Waals surface area contributed by atoms with Crippen LogP contribution in [0.4, 0.5) is 5.00 Å². The number of rotatable bonds is 5. The highest BCUT2D eigenvalue weighted by molar-refractivity contribution is 7.17. The standard InChI is InChI=1S/C23H23NO5S/c1-3-13-9-10-16-18(11-13)30-21(19(16)23(27)28-4-2)24-20(25)17-12-14-7-5-6-8-15(14)22(26)29-17/h5-8,12-13H,3-4,9-11H2,1-2H3,(H,24,25)/t13-/m1/s1. The lowest BCUT2D eigenvalue weighted by Crippen LogP contribution is -2.18. The number of carbonyl (C=O) groups is 2. The first kappa shape index (κ1) is 20.3. The molecular formula is C23H23NO5S. The second-order valence-electron chi connectivity index (χ2n) is 7.38. The lowest BCUT2D eigenvalue weighted by Gasteiger charge is -2.20. The maximum absolute atomic E-state index is 12.9. The highest BCUT2D eigenvalue weighted by atomic mass is 32.1. The minimum atomic E-state index is -0.569. The highest BCUT2D eigenvalue weighted by Crippen LogP contribution is 2.41. The molecule has 0 fully saturated rings. The summed E-state index contributed by atoms with van der Waals surface area (Å²) in [5.41, 5.74) is 0.835. The van der Waals surface area contributed by atoms with Gasteiger partial charge in [0.1, 0.15) is 5.00 Å². The van der Waals surface area contributed by atoms with Crippen molar-refractivity contribution in [1.29, 1.82) is 0 Å². The maximum Gasteiger partial charge on any atom is 0.344 e. The molecule has 2 heterocycles. The number of hydrogen-bond acceptors (Lipinski definition) is 6. The van der Waals surface area contributed by atoms with Crippen molar-refractivity contribution in [2.75, 3.05) is 11.9 Å². The fourth-order valence-electron chi connectivity index (χ4n) is 3.92. The van der Waals surface area contributed by atoms with E-state index >= 15 is 0 Å². The molecule has 0 saturated carbocycles. The molecular weight excluding hydrogens is 402 g/mol. The number of esters is 1. The van der Waals surface area contributed by atoms with E-state index in [1.807, 2.05) is 0 Å². The Bertz CT molecular complexity index is 1180. The van der Waals surface area contributed by atoms with Gasteiger partial charge in [0, 0.05) is 4.88 Å². The SMILES string of the molecule is CCOC(=O)c1c(NC(=O)c2cc3ccccc3c(=O)o2)sc2c1CC[C@@H](CC)C2. The van der Waals surface area contributed by atoms with E-state index in [0.29, 0.717) is 27.3 Å². The predicted octanol–water partition coefficient (Wildman–Crippen LogP) is 4.80. The Hall–Kier alpha value is -2.93. The molecule has 1 aromatic carbocycles. The van der Waals surface area contributed by atoms with Gasteiger partial charge in [0.25, 0.3) is 5.91 Å². The number of benzene rings is 1. The van der Waals surface area contributed by atoms with E-state index in [1.165, 1.54) is 17.4 Å². The van der Waals surface area contributed by atoms with Crippen LogP contribution in [0, 0.1) is 5.92 Å². The van der Waals surface area contributed by atoms with Gasteiger partial charge in [-0.25, -0.2) is 9.59 Å². The van der Waals surface area contributed by atoms with Crippen molar-refractivity contribution < 1.29 is 18.7 Å². The molecule has 1 atom stereocenters. The molecule has 0 spiro atoms. The third kappa shape index (κ3) is 3.77. The molecule has 6 nitrogen and oxygen atoms in total. The number of thiophene rings is 1. The van der Waals surface area contributed by atoms with E-state index in [1.54, 1.807) is 31.2 Å². The topological polar surface area (TPSA) is 85.6 Å². The largest absolute Gasteiger partial charge is 0.462 e. The van der Waals surface area contributed by atoms with Crippen molar-refractivity contribution in [2.24, 2.45) is 5.92 Å². The van der Waals surface area contributed by atoms with Crippen molar-refractivity contribution in [3.8, 4) is 0 Å². The second-order valence-corrected chi connectivity index (χ2v) is 8.49. The average Bonchev–Trinajstić information content (AvgIpc) is 3.10. The predicted molar refractivity (Wildman–Crippen MR) is 117 cm³/mol. The summed E-state index contributed by atoms with van der Waals surface area (Å²) in [5.74, 6) is -0.506. The Morgan fingerprint density at radius 2 is 2.07 bits per heavy atom. The van der Waals surface area contributed by atoms with E-state index in [4.69, 9.17) is 9.15 Å². The third-order valence-electron chi connectivity index (χ3n) is 5.55. The van der Waals surface area contributed by atoms with Crippen molar-refractivity contribution in [1.82, 2.24) is 0 Å². The van der Waals surface area contributed by atoms with Gasteiger partial charge < -0.3 is 14.5 Å². The molecule has 0 aliphatic heterocycles. The van der Waals surface area contributed by atoms with Crippen LogP contribution in [0.1, 0.15) is 58.0 Å². The number of amides is 1. The molecule has 4 rings (SSSR count). The van der Waals surface area contributed by atoms with E-state index in [9.17, 15) is 14.4 Å². The number of fused-ring (bicyclic) bond motifs is 2. The molecule has 1 amide bonds. The van der Waals surface area contributed by atoms with Crippen LogP contribution < -0.4 is 10.9 Å². The van der Waals surface area contributed by atoms with Gasteiger partial charge in [-0.2, -0.15) is 0 Å². The molecule has 0 unspecified atom stereocenters. The summed E-state index contributed by atoms with van der Waals surface area (Å²) in [6.45, 7) is 4.18. The van der Waals surface area contributed by atoms with Gasteiger partial charge in [-0.1, -0.05) is 31.5 Å².